The molecule has 2 saturated heterocycles. The summed E-state index contributed by atoms with van der Waals surface area (Å²) >= 11 is 0. The van der Waals surface area contributed by atoms with Crippen LogP contribution in [0.2, 0.25) is 0 Å². The Morgan fingerprint density at radius 3 is 2.90 bits per heavy atom. The smallest absolute Gasteiger partial charge is 0.228 e. The molecule has 4 fully saturated rings. The lowest BCUT2D eigenvalue weighted by molar-refractivity contribution is -0.151. The van der Waals surface area contributed by atoms with E-state index in [1.807, 2.05) is 4.90 Å². The Hall–Kier alpha value is -1.14. The Bertz CT molecular complexity index is 494. The molecular formula is C15H22N2O4. The van der Waals surface area contributed by atoms with E-state index in [1.54, 1.807) is 19.0 Å². The number of carbonyl (C=O) groups is 2. The van der Waals surface area contributed by atoms with Crippen LogP contribution in [0, 0.1) is 23.7 Å². The summed E-state index contributed by atoms with van der Waals surface area (Å²) in [5.74, 6) is 0.907. The van der Waals surface area contributed by atoms with Crippen LogP contribution in [0.4, 0.5) is 0 Å². The van der Waals surface area contributed by atoms with Crippen molar-refractivity contribution in [2.45, 2.75) is 37.7 Å². The summed E-state index contributed by atoms with van der Waals surface area (Å²) in [7, 11) is 3.49. The van der Waals surface area contributed by atoms with Crippen molar-refractivity contribution in [2.24, 2.45) is 23.7 Å². The highest BCUT2D eigenvalue weighted by atomic mass is 16.5. The maximum absolute atomic E-state index is 12.6. The number of amides is 2. The molecule has 6 nitrogen and oxygen atoms in total. The van der Waals surface area contributed by atoms with E-state index in [9.17, 15) is 14.7 Å². The fraction of sp³-hybridized carbons (Fsp3) is 0.867. The fourth-order valence-electron chi connectivity index (χ4n) is 5.00. The predicted octanol–water partition coefficient (Wildman–Crippen LogP) is -0.335. The van der Waals surface area contributed by atoms with Gasteiger partial charge in [0.05, 0.1) is 18.1 Å². The molecule has 0 spiro atoms. The van der Waals surface area contributed by atoms with Crippen LogP contribution < -0.4 is 0 Å². The third-order valence-corrected chi connectivity index (χ3v) is 5.90. The molecule has 2 aliphatic heterocycles. The molecule has 6 heteroatoms. The van der Waals surface area contributed by atoms with Gasteiger partial charge in [-0.05, 0) is 24.7 Å². The third-order valence-electron chi connectivity index (χ3n) is 5.90. The Kier molecular flexibility index (Phi) is 2.85. The SMILES string of the molecule is CN(C)C(=O)CCCN1C(=O)C2C3CC4C(OC1C42)C3O. The normalized spacial score (nSPS) is 45.8. The highest BCUT2D eigenvalue weighted by Crippen LogP contribution is 2.63. The summed E-state index contributed by atoms with van der Waals surface area (Å²) in [6.07, 6.45) is 1.38. The van der Waals surface area contributed by atoms with E-state index < -0.39 is 6.10 Å². The second-order valence-corrected chi connectivity index (χ2v) is 7.07. The molecule has 2 aliphatic carbocycles. The summed E-state index contributed by atoms with van der Waals surface area (Å²) in [6.45, 7) is 0.582. The number of likely N-dealkylation sites (tertiary alicyclic amines) is 1. The molecule has 2 heterocycles. The first-order chi connectivity index (χ1) is 10.0. The van der Waals surface area contributed by atoms with Gasteiger partial charge in [-0.25, -0.2) is 0 Å². The zero-order valence-corrected chi connectivity index (χ0v) is 12.4. The first-order valence-electron chi connectivity index (χ1n) is 7.85. The number of aliphatic hydroxyl groups is 1. The number of aliphatic hydroxyl groups excluding tert-OH is 1. The molecule has 7 atom stereocenters. The molecular weight excluding hydrogens is 272 g/mol. The van der Waals surface area contributed by atoms with Gasteiger partial charge in [0.15, 0.2) is 0 Å². The third kappa shape index (κ3) is 1.66. The molecule has 0 aromatic heterocycles. The number of nitrogens with zero attached hydrogens (tertiary/aromatic N) is 2. The van der Waals surface area contributed by atoms with Crippen LogP contribution in [0.1, 0.15) is 19.3 Å². The predicted molar refractivity (Wildman–Crippen MR) is 72.9 cm³/mol. The molecule has 1 N–H and O–H groups in total. The molecule has 7 unspecified atom stereocenters. The molecule has 0 radical (unpaired) electrons. The van der Waals surface area contributed by atoms with Crippen molar-refractivity contribution in [3.63, 3.8) is 0 Å². The van der Waals surface area contributed by atoms with Crippen molar-refractivity contribution < 1.29 is 19.4 Å². The number of ether oxygens (including phenoxy) is 1. The standard InChI is InChI=1S/C15H22N2O4/c1-16(2)9(18)4-3-5-17-14(20)10-7-6-8-11(10)15(17)21-13(8)12(7)19/h7-8,10-13,15,19H,3-6H2,1-2H3. The van der Waals surface area contributed by atoms with Crippen LogP contribution >= 0.6 is 0 Å². The van der Waals surface area contributed by atoms with Crippen molar-refractivity contribution in [1.29, 1.82) is 0 Å². The lowest BCUT2D eigenvalue weighted by Gasteiger charge is -2.30. The average Bonchev–Trinajstić information content (AvgIpc) is 3.10. The van der Waals surface area contributed by atoms with Gasteiger partial charge < -0.3 is 19.6 Å². The summed E-state index contributed by atoms with van der Waals surface area (Å²) in [6, 6.07) is 0. The zero-order chi connectivity index (χ0) is 14.9. The van der Waals surface area contributed by atoms with Gasteiger partial charge in [0.1, 0.15) is 6.23 Å². The van der Waals surface area contributed by atoms with Gasteiger partial charge in [0.25, 0.3) is 0 Å². The van der Waals surface area contributed by atoms with E-state index in [4.69, 9.17) is 4.74 Å². The van der Waals surface area contributed by atoms with Crippen LogP contribution in [0.5, 0.6) is 0 Å². The number of fused-ring (bicyclic) bond motifs is 2. The maximum atomic E-state index is 12.6. The minimum atomic E-state index is -0.456. The van der Waals surface area contributed by atoms with Crippen molar-refractivity contribution in [3.05, 3.63) is 0 Å². The van der Waals surface area contributed by atoms with Gasteiger partial charge in [-0.1, -0.05) is 0 Å². The lowest BCUT2D eigenvalue weighted by Crippen LogP contribution is -2.44. The van der Waals surface area contributed by atoms with E-state index in [0.717, 1.165) is 6.42 Å². The highest BCUT2D eigenvalue weighted by molar-refractivity contribution is 5.83. The molecule has 2 amide bonds. The average molecular weight is 294 g/mol. The second kappa shape index (κ2) is 4.43. The Morgan fingerprint density at radius 1 is 1.43 bits per heavy atom. The van der Waals surface area contributed by atoms with E-state index in [-0.39, 0.29) is 41.9 Å². The number of carbonyl (C=O) groups excluding carboxylic acids is 2. The van der Waals surface area contributed by atoms with Gasteiger partial charge in [-0.15, -0.1) is 0 Å². The van der Waals surface area contributed by atoms with Gasteiger partial charge in [-0.3, -0.25) is 9.59 Å². The molecule has 4 rings (SSSR count). The summed E-state index contributed by atoms with van der Waals surface area (Å²) in [5.41, 5.74) is 0. The van der Waals surface area contributed by atoms with Gasteiger partial charge >= 0.3 is 0 Å². The molecule has 2 bridgehead atoms. The van der Waals surface area contributed by atoms with Crippen molar-refractivity contribution in [3.8, 4) is 0 Å². The molecule has 21 heavy (non-hydrogen) atoms. The maximum Gasteiger partial charge on any atom is 0.228 e. The van der Waals surface area contributed by atoms with Crippen LogP contribution in [0.15, 0.2) is 0 Å². The topological polar surface area (TPSA) is 70.1 Å². The van der Waals surface area contributed by atoms with E-state index in [2.05, 4.69) is 0 Å². The molecule has 4 aliphatic rings. The van der Waals surface area contributed by atoms with Crippen LogP contribution in [-0.2, 0) is 14.3 Å². The van der Waals surface area contributed by atoms with E-state index in [0.29, 0.717) is 25.3 Å². The Balaban J connectivity index is 1.43. The monoisotopic (exact) mass is 294 g/mol. The zero-order valence-electron chi connectivity index (χ0n) is 12.4. The summed E-state index contributed by atoms with van der Waals surface area (Å²) < 4.78 is 5.99. The fourth-order valence-corrected chi connectivity index (χ4v) is 5.00. The number of rotatable bonds is 4. The molecule has 2 saturated carbocycles. The lowest BCUT2D eigenvalue weighted by atomic mass is 9.80. The molecule has 116 valence electrons. The minimum Gasteiger partial charge on any atom is -0.390 e. The number of hydrogen-bond acceptors (Lipinski definition) is 4. The quantitative estimate of drug-likeness (QED) is 0.770. The minimum absolute atomic E-state index is 0.0432. The Morgan fingerprint density at radius 2 is 2.19 bits per heavy atom. The van der Waals surface area contributed by atoms with Crippen LogP contribution in [0.25, 0.3) is 0 Å². The summed E-state index contributed by atoms with van der Waals surface area (Å²) in [4.78, 5) is 27.6. The Labute approximate surface area is 124 Å². The van der Waals surface area contributed by atoms with Gasteiger partial charge in [0, 0.05) is 33.0 Å². The van der Waals surface area contributed by atoms with Crippen molar-refractivity contribution in [2.75, 3.05) is 20.6 Å². The number of hydrogen-bond donors (Lipinski definition) is 1. The highest BCUT2D eigenvalue weighted by Gasteiger charge is 2.72. The van der Waals surface area contributed by atoms with Crippen LogP contribution in [-0.4, -0.2) is 65.8 Å². The van der Waals surface area contributed by atoms with Gasteiger partial charge in [-0.2, -0.15) is 0 Å². The largest absolute Gasteiger partial charge is 0.390 e. The first kappa shape index (κ1) is 13.5. The van der Waals surface area contributed by atoms with Crippen molar-refractivity contribution in [1.82, 2.24) is 9.80 Å². The molecule has 0 aromatic rings. The van der Waals surface area contributed by atoms with Crippen molar-refractivity contribution >= 4 is 11.8 Å². The van der Waals surface area contributed by atoms with Crippen LogP contribution in [0.3, 0.4) is 0 Å². The van der Waals surface area contributed by atoms with E-state index >= 15 is 0 Å². The summed E-state index contributed by atoms with van der Waals surface area (Å²) in [5, 5.41) is 10.2. The molecule has 0 aromatic carbocycles. The van der Waals surface area contributed by atoms with Gasteiger partial charge in [0.2, 0.25) is 11.8 Å². The van der Waals surface area contributed by atoms with E-state index in [1.165, 1.54) is 0 Å². The second-order valence-electron chi connectivity index (χ2n) is 7.07. The first-order valence-corrected chi connectivity index (χ1v) is 7.85.